The first-order valence-electron chi connectivity index (χ1n) is 19.9. The predicted molar refractivity (Wildman–Crippen MR) is 242 cm³/mol. The molecule has 0 amide bonds. The van der Waals surface area contributed by atoms with Crippen molar-refractivity contribution in [2.45, 2.75) is 19.3 Å². The van der Waals surface area contributed by atoms with E-state index in [1.807, 2.05) is 48.5 Å². The lowest BCUT2D eigenvalue weighted by atomic mass is 9.77. The second-order valence-electron chi connectivity index (χ2n) is 15.4. The molecular formula is C54H39N5. The van der Waals surface area contributed by atoms with Gasteiger partial charge in [0, 0.05) is 38.8 Å². The summed E-state index contributed by atoms with van der Waals surface area (Å²) in [5, 5.41) is 4.71. The van der Waals surface area contributed by atoms with Crippen molar-refractivity contribution in [3.63, 3.8) is 0 Å². The number of benzene rings is 8. The van der Waals surface area contributed by atoms with Crippen LogP contribution in [0.2, 0.25) is 0 Å². The van der Waals surface area contributed by atoms with Crippen molar-refractivity contribution in [2.24, 2.45) is 0 Å². The summed E-state index contributed by atoms with van der Waals surface area (Å²) < 4.78 is 0. The van der Waals surface area contributed by atoms with E-state index in [2.05, 4.69) is 166 Å². The van der Waals surface area contributed by atoms with Gasteiger partial charge in [0.15, 0.2) is 23.3 Å². The van der Waals surface area contributed by atoms with Crippen LogP contribution in [0.15, 0.2) is 200 Å². The fourth-order valence-corrected chi connectivity index (χ4v) is 7.75. The molecule has 0 unspecified atom stereocenters. The van der Waals surface area contributed by atoms with Gasteiger partial charge in [-0.1, -0.05) is 196 Å². The Labute approximate surface area is 343 Å². The molecule has 8 aromatic carbocycles. The van der Waals surface area contributed by atoms with Gasteiger partial charge in [0.2, 0.25) is 0 Å². The fourth-order valence-electron chi connectivity index (χ4n) is 7.75. The molecule has 0 spiro atoms. The van der Waals surface area contributed by atoms with Gasteiger partial charge in [-0.15, -0.1) is 0 Å². The van der Waals surface area contributed by atoms with Crippen LogP contribution in [0.4, 0.5) is 0 Å². The lowest BCUT2D eigenvalue weighted by Crippen LogP contribution is -2.18. The van der Waals surface area contributed by atoms with Gasteiger partial charge in [0.1, 0.15) is 0 Å². The maximum absolute atomic E-state index is 5.13. The van der Waals surface area contributed by atoms with E-state index in [0.29, 0.717) is 23.3 Å². The van der Waals surface area contributed by atoms with Crippen molar-refractivity contribution in [2.75, 3.05) is 0 Å². The third-order valence-corrected chi connectivity index (χ3v) is 11.2. The van der Waals surface area contributed by atoms with Crippen LogP contribution in [0, 0.1) is 0 Å². The SMILES string of the molecule is CC(C)(c1ccc(-c2nc(-c3ccccc3)cc(-c3ccc4ccccc4c3)n2)cc1)c1ccc(-c2nc(-c3ccccc3)nc(-c3ccc4ccccc4c3)n2)cc1. The summed E-state index contributed by atoms with van der Waals surface area (Å²) in [6.45, 7) is 4.52. The summed E-state index contributed by atoms with van der Waals surface area (Å²) in [5.74, 6) is 2.62. The van der Waals surface area contributed by atoms with Crippen molar-refractivity contribution in [3.8, 4) is 68.1 Å². The quantitative estimate of drug-likeness (QED) is 0.154. The summed E-state index contributed by atoms with van der Waals surface area (Å²) in [7, 11) is 0. The summed E-state index contributed by atoms with van der Waals surface area (Å²) >= 11 is 0. The molecule has 0 aliphatic heterocycles. The standard InChI is InChI=1S/C54H39N5/c1-54(2,46-29-25-40(26-30-46)50-55-48(38-15-5-3-6-16-38)35-49(56-50)44-23-21-36-13-9-11-19-42(36)33-44)47-31-27-41(28-32-47)52-57-51(39-17-7-4-8-18-39)58-53(59-52)45-24-22-37-14-10-12-20-43(37)34-45/h3-35H,1-2H3. The first-order valence-corrected chi connectivity index (χ1v) is 19.9. The first-order chi connectivity index (χ1) is 28.9. The van der Waals surface area contributed by atoms with Crippen LogP contribution in [-0.2, 0) is 5.41 Å². The molecule has 0 aliphatic carbocycles. The highest BCUT2D eigenvalue weighted by Gasteiger charge is 2.24. The van der Waals surface area contributed by atoms with E-state index in [-0.39, 0.29) is 5.41 Å². The number of hydrogen-bond acceptors (Lipinski definition) is 5. The second-order valence-corrected chi connectivity index (χ2v) is 15.4. The molecule has 0 atom stereocenters. The van der Waals surface area contributed by atoms with Crippen molar-refractivity contribution in [3.05, 3.63) is 211 Å². The van der Waals surface area contributed by atoms with Gasteiger partial charge in [-0.25, -0.2) is 24.9 Å². The molecule has 0 aliphatic rings. The maximum Gasteiger partial charge on any atom is 0.164 e. The number of hydrogen-bond donors (Lipinski definition) is 0. The zero-order valence-electron chi connectivity index (χ0n) is 32.8. The fraction of sp³-hybridized carbons (Fsp3) is 0.0556. The van der Waals surface area contributed by atoms with E-state index < -0.39 is 0 Å². The molecule has 2 aromatic heterocycles. The Morgan fingerprint density at radius 1 is 0.271 bits per heavy atom. The maximum atomic E-state index is 5.13. The van der Waals surface area contributed by atoms with E-state index in [4.69, 9.17) is 24.9 Å². The van der Waals surface area contributed by atoms with Crippen molar-refractivity contribution in [1.29, 1.82) is 0 Å². The van der Waals surface area contributed by atoms with E-state index in [1.165, 1.54) is 27.3 Å². The largest absolute Gasteiger partial charge is 0.228 e. The molecule has 59 heavy (non-hydrogen) atoms. The minimum Gasteiger partial charge on any atom is -0.228 e. The predicted octanol–water partition coefficient (Wildman–Crippen LogP) is 13.3. The Bertz CT molecular complexity index is 2890. The molecular weight excluding hydrogens is 719 g/mol. The normalized spacial score (nSPS) is 11.6. The number of fused-ring (bicyclic) bond motifs is 2. The molecule has 2 heterocycles. The highest BCUT2D eigenvalue weighted by molar-refractivity contribution is 5.88. The molecule has 10 rings (SSSR count). The molecule has 280 valence electrons. The minimum atomic E-state index is -0.287. The van der Waals surface area contributed by atoms with Crippen LogP contribution in [-0.4, -0.2) is 24.9 Å². The molecule has 0 N–H and O–H groups in total. The number of aromatic nitrogens is 5. The van der Waals surface area contributed by atoms with Gasteiger partial charge in [-0.2, -0.15) is 0 Å². The molecule has 0 bridgehead atoms. The zero-order chi connectivity index (χ0) is 39.8. The lowest BCUT2D eigenvalue weighted by Gasteiger charge is -2.26. The highest BCUT2D eigenvalue weighted by atomic mass is 15.0. The minimum absolute atomic E-state index is 0.287. The molecule has 0 saturated carbocycles. The van der Waals surface area contributed by atoms with Crippen LogP contribution >= 0.6 is 0 Å². The molecule has 5 nitrogen and oxygen atoms in total. The lowest BCUT2D eigenvalue weighted by molar-refractivity contribution is 0.641. The Balaban J connectivity index is 0.969. The Kier molecular flexibility index (Phi) is 9.11. The van der Waals surface area contributed by atoms with E-state index >= 15 is 0 Å². The van der Waals surface area contributed by atoms with Crippen LogP contribution in [0.1, 0.15) is 25.0 Å². The van der Waals surface area contributed by atoms with Crippen molar-refractivity contribution in [1.82, 2.24) is 24.9 Å². The third kappa shape index (κ3) is 7.15. The van der Waals surface area contributed by atoms with Gasteiger partial charge in [-0.3, -0.25) is 0 Å². The zero-order valence-corrected chi connectivity index (χ0v) is 32.8. The monoisotopic (exact) mass is 757 g/mol. The first kappa shape index (κ1) is 35.8. The van der Waals surface area contributed by atoms with Gasteiger partial charge >= 0.3 is 0 Å². The van der Waals surface area contributed by atoms with Crippen LogP contribution in [0.3, 0.4) is 0 Å². The highest BCUT2D eigenvalue weighted by Crippen LogP contribution is 2.35. The third-order valence-electron chi connectivity index (χ3n) is 11.2. The molecule has 0 fully saturated rings. The average molecular weight is 758 g/mol. The molecule has 0 saturated heterocycles. The van der Waals surface area contributed by atoms with Gasteiger partial charge in [-0.05, 0) is 50.9 Å². The topological polar surface area (TPSA) is 64.5 Å². The molecule has 5 heteroatoms. The van der Waals surface area contributed by atoms with Crippen LogP contribution in [0.25, 0.3) is 89.6 Å². The second kappa shape index (κ2) is 15.0. The van der Waals surface area contributed by atoms with Crippen LogP contribution in [0.5, 0.6) is 0 Å². The van der Waals surface area contributed by atoms with Crippen molar-refractivity contribution >= 4 is 21.5 Å². The summed E-state index contributed by atoms with van der Waals surface area (Å²) in [5.41, 5.74) is 9.77. The van der Waals surface area contributed by atoms with E-state index in [9.17, 15) is 0 Å². The molecule has 0 radical (unpaired) electrons. The summed E-state index contributed by atoms with van der Waals surface area (Å²) in [6, 6.07) is 69.5. The number of rotatable bonds is 8. The van der Waals surface area contributed by atoms with Crippen molar-refractivity contribution < 1.29 is 0 Å². The smallest absolute Gasteiger partial charge is 0.164 e. The van der Waals surface area contributed by atoms with Gasteiger partial charge in [0.25, 0.3) is 0 Å². The molecule has 10 aromatic rings. The van der Waals surface area contributed by atoms with Gasteiger partial charge in [0.05, 0.1) is 11.4 Å². The van der Waals surface area contributed by atoms with Gasteiger partial charge < -0.3 is 0 Å². The Hall–Kier alpha value is -7.63. The van der Waals surface area contributed by atoms with Crippen LogP contribution < -0.4 is 0 Å². The summed E-state index contributed by atoms with van der Waals surface area (Å²) in [4.78, 5) is 25.2. The Morgan fingerprint density at radius 2 is 0.627 bits per heavy atom. The van der Waals surface area contributed by atoms with E-state index in [1.54, 1.807) is 0 Å². The summed E-state index contributed by atoms with van der Waals surface area (Å²) in [6.07, 6.45) is 0. The van der Waals surface area contributed by atoms with E-state index in [0.717, 1.165) is 50.2 Å². The Morgan fingerprint density at radius 3 is 1.15 bits per heavy atom. The average Bonchev–Trinajstić information content (AvgIpc) is 3.31. The number of nitrogens with zero attached hydrogens (tertiary/aromatic N) is 5.